The monoisotopic (exact) mass is 325 g/mol. The van der Waals surface area contributed by atoms with Crippen LogP contribution >= 0.6 is 23.5 Å². The van der Waals surface area contributed by atoms with E-state index < -0.39 is 0 Å². The van der Waals surface area contributed by atoms with Gasteiger partial charge in [0.25, 0.3) is 0 Å². The number of hydrogen-bond donors (Lipinski definition) is 0. The smallest absolute Gasteiger partial charge is 0.233 e. The van der Waals surface area contributed by atoms with Gasteiger partial charge in [-0.1, -0.05) is 0 Å². The lowest BCUT2D eigenvalue weighted by atomic mass is 10.0. The Balaban J connectivity index is 1.57. The third-order valence-electron chi connectivity index (χ3n) is 4.49. The highest BCUT2D eigenvalue weighted by Gasteiger charge is 2.42. The zero-order valence-corrected chi connectivity index (χ0v) is 13.8. The molecule has 2 aliphatic heterocycles. The number of hydrogen-bond acceptors (Lipinski definition) is 3. The third-order valence-corrected chi connectivity index (χ3v) is 6.54. The van der Waals surface area contributed by atoms with Crippen LogP contribution in [-0.4, -0.2) is 40.1 Å². The quantitative estimate of drug-likeness (QED) is 0.785. The van der Waals surface area contributed by atoms with Crippen molar-refractivity contribution in [2.24, 2.45) is 0 Å². The topological polar surface area (TPSA) is 20.3 Å². The Morgan fingerprint density at radius 3 is 2.43 bits per heavy atom. The number of benzene rings is 1. The SMILES string of the molecule is CSC1CC2CCC(C1)N2C(=O)CSc1ccc(F)cc1. The van der Waals surface area contributed by atoms with Crippen molar-refractivity contribution in [3.05, 3.63) is 30.1 Å². The van der Waals surface area contributed by atoms with E-state index in [0.29, 0.717) is 17.8 Å². The molecule has 114 valence electrons. The van der Waals surface area contributed by atoms with Crippen molar-refractivity contribution in [2.75, 3.05) is 12.0 Å². The molecule has 21 heavy (non-hydrogen) atoms. The summed E-state index contributed by atoms with van der Waals surface area (Å²) in [7, 11) is 0. The molecule has 0 N–H and O–H groups in total. The number of carbonyl (C=O) groups excluding carboxylic acids is 1. The van der Waals surface area contributed by atoms with E-state index in [4.69, 9.17) is 0 Å². The van der Waals surface area contributed by atoms with Crippen molar-refractivity contribution >= 4 is 29.4 Å². The van der Waals surface area contributed by atoms with Crippen LogP contribution in [0.4, 0.5) is 4.39 Å². The molecule has 2 nitrogen and oxygen atoms in total. The largest absolute Gasteiger partial charge is 0.336 e. The minimum atomic E-state index is -0.233. The lowest BCUT2D eigenvalue weighted by Gasteiger charge is -2.38. The fourth-order valence-electron chi connectivity index (χ4n) is 3.48. The second-order valence-corrected chi connectivity index (χ2v) is 7.94. The minimum Gasteiger partial charge on any atom is -0.336 e. The van der Waals surface area contributed by atoms with E-state index in [1.165, 1.54) is 23.9 Å². The predicted octanol–water partition coefficient (Wildman–Crippen LogP) is 3.80. The fraction of sp³-hybridized carbons (Fsp3) is 0.562. The normalized spacial score (nSPS) is 27.9. The van der Waals surface area contributed by atoms with Crippen molar-refractivity contribution in [3.63, 3.8) is 0 Å². The van der Waals surface area contributed by atoms with Gasteiger partial charge in [-0.25, -0.2) is 4.39 Å². The summed E-state index contributed by atoms with van der Waals surface area (Å²) in [4.78, 5) is 15.6. The van der Waals surface area contributed by atoms with E-state index >= 15 is 0 Å². The number of amides is 1. The Labute approximate surface area is 133 Å². The molecule has 2 saturated heterocycles. The number of piperidine rings is 1. The number of halogens is 1. The van der Waals surface area contributed by atoms with E-state index in [0.717, 1.165) is 35.8 Å². The van der Waals surface area contributed by atoms with Gasteiger partial charge in [0.05, 0.1) is 5.75 Å². The minimum absolute atomic E-state index is 0.233. The second kappa shape index (κ2) is 6.61. The molecule has 2 unspecified atom stereocenters. The van der Waals surface area contributed by atoms with Gasteiger partial charge in [0.15, 0.2) is 0 Å². The van der Waals surface area contributed by atoms with Crippen LogP contribution in [0.3, 0.4) is 0 Å². The first-order valence-electron chi connectivity index (χ1n) is 7.39. The van der Waals surface area contributed by atoms with Crippen LogP contribution < -0.4 is 0 Å². The van der Waals surface area contributed by atoms with E-state index in [2.05, 4.69) is 11.2 Å². The first-order chi connectivity index (χ1) is 10.2. The van der Waals surface area contributed by atoms with Crippen LogP contribution in [0.2, 0.25) is 0 Å². The molecule has 0 saturated carbocycles. The van der Waals surface area contributed by atoms with Crippen LogP contribution in [0, 0.1) is 5.82 Å². The van der Waals surface area contributed by atoms with Gasteiger partial charge >= 0.3 is 0 Å². The molecule has 0 aromatic heterocycles. The maximum absolute atomic E-state index is 12.9. The third kappa shape index (κ3) is 3.39. The Hall–Kier alpha value is -0.680. The maximum atomic E-state index is 12.9. The standard InChI is InChI=1S/C16H20FNOS2/c1-20-15-8-12-4-5-13(9-15)18(12)16(19)10-21-14-6-2-11(17)3-7-14/h2-3,6-7,12-13,15H,4-5,8-10H2,1H3. The van der Waals surface area contributed by atoms with Crippen LogP contribution in [0.25, 0.3) is 0 Å². The zero-order valence-electron chi connectivity index (χ0n) is 12.1. The van der Waals surface area contributed by atoms with E-state index in [1.807, 2.05) is 11.8 Å². The van der Waals surface area contributed by atoms with Gasteiger partial charge in [-0.3, -0.25) is 4.79 Å². The van der Waals surface area contributed by atoms with Gasteiger partial charge in [-0.05, 0) is 56.2 Å². The first kappa shape index (κ1) is 15.2. The average Bonchev–Trinajstić information content (AvgIpc) is 2.77. The summed E-state index contributed by atoms with van der Waals surface area (Å²) in [5.41, 5.74) is 0. The highest BCUT2D eigenvalue weighted by molar-refractivity contribution is 8.00. The summed E-state index contributed by atoms with van der Waals surface area (Å²) in [5, 5.41) is 0.719. The van der Waals surface area contributed by atoms with Gasteiger partial charge in [0.2, 0.25) is 5.91 Å². The second-order valence-electron chi connectivity index (χ2n) is 5.76. The summed E-state index contributed by atoms with van der Waals surface area (Å²) in [6, 6.07) is 7.26. The highest BCUT2D eigenvalue weighted by Crippen LogP contribution is 2.40. The first-order valence-corrected chi connectivity index (χ1v) is 9.67. The summed E-state index contributed by atoms with van der Waals surface area (Å²) in [5.74, 6) is 0.474. The van der Waals surface area contributed by atoms with Gasteiger partial charge in [-0.2, -0.15) is 11.8 Å². The average molecular weight is 325 g/mol. The van der Waals surface area contributed by atoms with Gasteiger partial charge < -0.3 is 4.90 Å². The molecule has 2 aliphatic rings. The van der Waals surface area contributed by atoms with Gasteiger partial charge in [0, 0.05) is 22.2 Å². The van der Waals surface area contributed by atoms with Gasteiger partial charge in [0.1, 0.15) is 5.82 Å². The van der Waals surface area contributed by atoms with Crippen molar-refractivity contribution in [3.8, 4) is 0 Å². The molecule has 2 atom stereocenters. The highest BCUT2D eigenvalue weighted by atomic mass is 32.2. The fourth-order valence-corrected chi connectivity index (χ4v) is 5.07. The summed E-state index contributed by atoms with van der Waals surface area (Å²) >= 11 is 3.45. The molecule has 1 aromatic carbocycles. The van der Waals surface area contributed by atoms with Crippen molar-refractivity contribution in [1.29, 1.82) is 0 Å². The van der Waals surface area contributed by atoms with Crippen molar-refractivity contribution in [1.82, 2.24) is 4.90 Å². The number of thioether (sulfide) groups is 2. The molecule has 5 heteroatoms. The molecule has 1 aromatic rings. The maximum Gasteiger partial charge on any atom is 0.233 e. The molecule has 2 fully saturated rings. The number of fused-ring (bicyclic) bond motifs is 2. The van der Waals surface area contributed by atoms with Crippen LogP contribution in [0.15, 0.2) is 29.2 Å². The lowest BCUT2D eigenvalue weighted by molar-refractivity contribution is -0.132. The number of carbonyl (C=O) groups is 1. The molecule has 0 radical (unpaired) electrons. The number of rotatable bonds is 4. The molecule has 3 rings (SSSR count). The van der Waals surface area contributed by atoms with Crippen LogP contribution in [0.1, 0.15) is 25.7 Å². The molecule has 2 bridgehead atoms. The number of nitrogens with zero attached hydrogens (tertiary/aromatic N) is 1. The van der Waals surface area contributed by atoms with Crippen molar-refractivity contribution in [2.45, 2.75) is 47.9 Å². The molecular formula is C16H20FNOS2. The Kier molecular flexibility index (Phi) is 4.79. The lowest BCUT2D eigenvalue weighted by Crippen LogP contribution is -2.48. The molecular weight excluding hydrogens is 305 g/mol. The van der Waals surface area contributed by atoms with Crippen molar-refractivity contribution < 1.29 is 9.18 Å². The Morgan fingerprint density at radius 1 is 1.24 bits per heavy atom. The van der Waals surface area contributed by atoms with E-state index in [9.17, 15) is 9.18 Å². The Bertz CT molecular complexity index is 494. The summed E-state index contributed by atoms with van der Waals surface area (Å²) in [6.45, 7) is 0. The molecule has 0 aliphatic carbocycles. The summed E-state index contributed by atoms with van der Waals surface area (Å²) < 4.78 is 12.9. The summed E-state index contributed by atoms with van der Waals surface area (Å²) in [6.07, 6.45) is 6.78. The van der Waals surface area contributed by atoms with E-state index in [1.54, 1.807) is 12.1 Å². The van der Waals surface area contributed by atoms with E-state index in [-0.39, 0.29) is 11.7 Å². The molecule has 2 heterocycles. The predicted molar refractivity (Wildman–Crippen MR) is 87.3 cm³/mol. The van der Waals surface area contributed by atoms with Gasteiger partial charge in [-0.15, -0.1) is 11.8 Å². The molecule has 0 spiro atoms. The van der Waals surface area contributed by atoms with Crippen LogP contribution in [0.5, 0.6) is 0 Å². The van der Waals surface area contributed by atoms with Crippen LogP contribution in [-0.2, 0) is 4.79 Å². The Morgan fingerprint density at radius 2 is 1.86 bits per heavy atom. The molecule has 1 amide bonds. The zero-order chi connectivity index (χ0) is 14.8.